The average Bonchev–Trinajstić information content (AvgIpc) is 4.06. The molecule has 0 unspecified atom stereocenters. The molecule has 0 atom stereocenters. The summed E-state index contributed by atoms with van der Waals surface area (Å²) in [5.41, 5.74) is 12.4. The molecule has 0 N–H and O–H groups in total. The van der Waals surface area contributed by atoms with Crippen molar-refractivity contribution >= 4 is 53.4 Å². The second kappa shape index (κ2) is 14.0. The van der Waals surface area contributed by atoms with E-state index in [0.717, 1.165) is 54.9 Å². The number of fused-ring (bicyclic) bond motifs is 10. The van der Waals surface area contributed by atoms with Crippen molar-refractivity contribution in [2.24, 2.45) is 0 Å². The zero-order chi connectivity index (χ0) is 41.5. The maximum atomic E-state index is 6.36. The normalized spacial score (nSPS) is 12.9. The summed E-state index contributed by atoms with van der Waals surface area (Å²) in [6.45, 7) is 0. The van der Waals surface area contributed by atoms with Gasteiger partial charge in [0.2, 0.25) is 5.89 Å². The minimum absolute atomic E-state index is 0.491. The number of thiophene rings is 1. The highest BCUT2D eigenvalue weighted by Crippen LogP contribution is 2.56. The molecular formula is C57H34N4OS. The number of benzene rings is 9. The van der Waals surface area contributed by atoms with E-state index in [2.05, 4.69) is 152 Å². The summed E-state index contributed by atoms with van der Waals surface area (Å²) in [5.74, 6) is 2.46. The molecule has 3 aromatic heterocycles. The van der Waals surface area contributed by atoms with E-state index in [1.54, 1.807) is 11.3 Å². The SMILES string of the molecule is c1ccc(-c2nc(-c3ccc(C4(c5ccccc5)c5ccccc5-c5ccccc54)cc3)nc(-c3ccc4ccc5sc6ccc7oc(-c8ccccc8)nc7c6c5c4c3)n2)cc1. The van der Waals surface area contributed by atoms with E-state index in [4.69, 9.17) is 24.4 Å². The lowest BCUT2D eigenvalue weighted by molar-refractivity contribution is 0.620. The second-order valence-electron chi connectivity index (χ2n) is 16.1. The molecule has 9 aromatic carbocycles. The van der Waals surface area contributed by atoms with Crippen molar-refractivity contribution in [2.45, 2.75) is 5.41 Å². The van der Waals surface area contributed by atoms with Crippen LogP contribution in [0.4, 0.5) is 0 Å². The molecular weight excluding hydrogens is 789 g/mol. The lowest BCUT2D eigenvalue weighted by Gasteiger charge is -2.34. The Morgan fingerprint density at radius 2 is 0.905 bits per heavy atom. The highest BCUT2D eigenvalue weighted by molar-refractivity contribution is 7.26. The third kappa shape index (κ3) is 5.48. The maximum Gasteiger partial charge on any atom is 0.227 e. The van der Waals surface area contributed by atoms with Gasteiger partial charge in [0, 0.05) is 42.4 Å². The van der Waals surface area contributed by atoms with E-state index in [0.29, 0.717) is 23.4 Å². The monoisotopic (exact) mass is 822 g/mol. The van der Waals surface area contributed by atoms with Gasteiger partial charge >= 0.3 is 0 Å². The lowest BCUT2D eigenvalue weighted by Crippen LogP contribution is -2.28. The van der Waals surface area contributed by atoms with Crippen LogP contribution in [0.15, 0.2) is 211 Å². The molecule has 1 aliphatic rings. The molecule has 0 amide bonds. The van der Waals surface area contributed by atoms with Gasteiger partial charge in [-0.3, -0.25) is 0 Å². The minimum Gasteiger partial charge on any atom is -0.436 e. The Labute approximate surface area is 366 Å². The van der Waals surface area contributed by atoms with Crippen LogP contribution < -0.4 is 0 Å². The summed E-state index contributed by atoms with van der Waals surface area (Å²) < 4.78 is 8.71. The Morgan fingerprint density at radius 3 is 1.59 bits per heavy atom. The van der Waals surface area contributed by atoms with Gasteiger partial charge in [-0.2, -0.15) is 0 Å². The van der Waals surface area contributed by atoms with Crippen LogP contribution in [0.3, 0.4) is 0 Å². The highest BCUT2D eigenvalue weighted by atomic mass is 32.1. The van der Waals surface area contributed by atoms with Crippen LogP contribution in [0, 0.1) is 0 Å². The van der Waals surface area contributed by atoms with Crippen LogP contribution in [-0.4, -0.2) is 19.9 Å². The van der Waals surface area contributed by atoms with Gasteiger partial charge in [0.05, 0.1) is 5.41 Å². The van der Waals surface area contributed by atoms with E-state index in [-0.39, 0.29) is 0 Å². The summed E-state index contributed by atoms with van der Waals surface area (Å²) in [4.78, 5) is 20.6. The zero-order valence-electron chi connectivity index (χ0n) is 33.7. The van der Waals surface area contributed by atoms with Crippen molar-refractivity contribution < 1.29 is 4.42 Å². The quantitative estimate of drug-likeness (QED) is 0.167. The highest BCUT2D eigenvalue weighted by Gasteiger charge is 2.45. The topological polar surface area (TPSA) is 64.7 Å². The summed E-state index contributed by atoms with van der Waals surface area (Å²) in [5, 5.41) is 4.50. The first-order valence-corrected chi connectivity index (χ1v) is 21.9. The Kier molecular flexibility index (Phi) is 7.92. The van der Waals surface area contributed by atoms with E-state index in [1.807, 2.05) is 54.6 Å². The number of oxazole rings is 1. The van der Waals surface area contributed by atoms with E-state index >= 15 is 0 Å². The summed E-state index contributed by atoms with van der Waals surface area (Å²) in [6.07, 6.45) is 0. The Bertz CT molecular complexity index is 3680. The largest absolute Gasteiger partial charge is 0.436 e. The number of aromatic nitrogens is 4. The maximum absolute atomic E-state index is 6.36. The third-order valence-electron chi connectivity index (χ3n) is 12.7. The Hall–Kier alpha value is -8.06. The van der Waals surface area contributed by atoms with Crippen molar-refractivity contribution in [3.05, 3.63) is 229 Å². The summed E-state index contributed by atoms with van der Waals surface area (Å²) >= 11 is 1.78. The predicted octanol–water partition coefficient (Wildman–Crippen LogP) is 14.6. The fourth-order valence-electron chi connectivity index (χ4n) is 9.84. The van der Waals surface area contributed by atoms with Gasteiger partial charge in [0.1, 0.15) is 5.52 Å². The number of hydrogen-bond acceptors (Lipinski definition) is 6. The van der Waals surface area contributed by atoms with E-state index in [9.17, 15) is 0 Å². The van der Waals surface area contributed by atoms with Gasteiger partial charge in [-0.15, -0.1) is 11.3 Å². The lowest BCUT2D eigenvalue weighted by atomic mass is 9.67. The van der Waals surface area contributed by atoms with Crippen LogP contribution in [0.2, 0.25) is 0 Å². The molecule has 0 bridgehead atoms. The zero-order valence-corrected chi connectivity index (χ0v) is 34.6. The fourth-order valence-corrected chi connectivity index (χ4v) is 11.0. The molecule has 294 valence electrons. The first-order chi connectivity index (χ1) is 31.2. The summed E-state index contributed by atoms with van der Waals surface area (Å²) in [7, 11) is 0. The molecule has 0 saturated carbocycles. The smallest absolute Gasteiger partial charge is 0.227 e. The average molecular weight is 823 g/mol. The van der Waals surface area contributed by atoms with Gasteiger partial charge in [0.25, 0.3) is 0 Å². The molecule has 0 spiro atoms. The van der Waals surface area contributed by atoms with Crippen LogP contribution in [0.25, 0.3) is 98.8 Å². The molecule has 6 heteroatoms. The molecule has 63 heavy (non-hydrogen) atoms. The molecule has 3 heterocycles. The third-order valence-corrected chi connectivity index (χ3v) is 13.8. The van der Waals surface area contributed by atoms with Crippen molar-refractivity contribution in [1.82, 2.24) is 19.9 Å². The van der Waals surface area contributed by atoms with Gasteiger partial charge in [-0.25, -0.2) is 19.9 Å². The molecule has 0 aliphatic heterocycles. The second-order valence-corrected chi connectivity index (χ2v) is 17.2. The van der Waals surface area contributed by atoms with Crippen LogP contribution in [0.5, 0.6) is 0 Å². The van der Waals surface area contributed by atoms with Gasteiger partial charge in [-0.1, -0.05) is 170 Å². The molecule has 0 radical (unpaired) electrons. The first kappa shape index (κ1) is 35.7. The summed E-state index contributed by atoms with van der Waals surface area (Å²) in [6, 6.07) is 72.8. The van der Waals surface area contributed by atoms with Crippen LogP contribution in [-0.2, 0) is 5.41 Å². The van der Waals surface area contributed by atoms with Crippen molar-refractivity contribution in [2.75, 3.05) is 0 Å². The van der Waals surface area contributed by atoms with Gasteiger partial charge in [-0.05, 0) is 80.6 Å². The number of rotatable bonds is 6. The van der Waals surface area contributed by atoms with Crippen molar-refractivity contribution in [1.29, 1.82) is 0 Å². The van der Waals surface area contributed by atoms with Crippen LogP contribution in [0.1, 0.15) is 22.3 Å². The first-order valence-electron chi connectivity index (χ1n) is 21.1. The van der Waals surface area contributed by atoms with E-state index < -0.39 is 5.41 Å². The number of hydrogen-bond donors (Lipinski definition) is 0. The van der Waals surface area contributed by atoms with Crippen molar-refractivity contribution in [3.8, 4) is 56.7 Å². The Morgan fingerprint density at radius 1 is 0.397 bits per heavy atom. The minimum atomic E-state index is -0.491. The molecule has 12 aromatic rings. The standard InChI is InChI=1S/C57H34N4OS/c1-4-14-36(15-5-1)53-59-54(37-26-29-41(30-27-37)57(40-18-8-3-9-19-40)45-22-12-10-20-42(45)43-21-11-13-23-46(43)57)61-55(60-53)39-25-24-35-28-32-48-50(44(35)34-39)51-49(63-48)33-31-47-52(51)58-56(62-47)38-16-6-2-7-17-38/h1-34H. The molecule has 1 aliphatic carbocycles. The molecule has 13 rings (SSSR count). The van der Waals surface area contributed by atoms with E-state index in [1.165, 1.54) is 42.8 Å². The molecule has 0 fully saturated rings. The molecule has 5 nitrogen and oxygen atoms in total. The van der Waals surface area contributed by atoms with Gasteiger partial charge in [0.15, 0.2) is 23.1 Å². The van der Waals surface area contributed by atoms with Crippen LogP contribution >= 0.6 is 11.3 Å². The van der Waals surface area contributed by atoms with Gasteiger partial charge < -0.3 is 4.42 Å². The number of nitrogens with zero attached hydrogens (tertiary/aromatic N) is 4. The fraction of sp³-hybridized carbons (Fsp3) is 0.0175. The Balaban J connectivity index is 0.980. The predicted molar refractivity (Wildman–Crippen MR) is 257 cm³/mol. The molecule has 0 saturated heterocycles. The van der Waals surface area contributed by atoms with Crippen molar-refractivity contribution in [3.63, 3.8) is 0 Å².